The molecular weight excluding hydrogens is 340 g/mol. The van der Waals surface area contributed by atoms with Crippen LogP contribution in [0.15, 0.2) is 23.1 Å². The van der Waals surface area contributed by atoms with E-state index in [1.165, 1.54) is 31.4 Å². The van der Waals surface area contributed by atoms with Crippen molar-refractivity contribution in [3.63, 3.8) is 0 Å². The number of carbonyl (C=O) groups excluding carboxylic acids is 1. The van der Waals surface area contributed by atoms with Crippen molar-refractivity contribution in [2.45, 2.75) is 43.0 Å². The van der Waals surface area contributed by atoms with Gasteiger partial charge in [-0.3, -0.25) is 0 Å². The number of hydrogen-bond acceptors (Lipinski definition) is 5. The Hall–Kier alpha value is -1.15. The van der Waals surface area contributed by atoms with Crippen molar-refractivity contribution in [1.29, 1.82) is 0 Å². The zero-order valence-electron chi connectivity index (χ0n) is 12.7. The van der Waals surface area contributed by atoms with Crippen molar-refractivity contribution in [3.05, 3.63) is 28.8 Å². The molecule has 2 rings (SSSR count). The summed E-state index contributed by atoms with van der Waals surface area (Å²) in [4.78, 5) is 10.6. The highest BCUT2D eigenvalue weighted by Gasteiger charge is 2.19. The van der Waals surface area contributed by atoms with Gasteiger partial charge in [0, 0.05) is 19.1 Å². The highest BCUT2D eigenvalue weighted by molar-refractivity contribution is 7.89. The number of sulfonamides is 1. The van der Waals surface area contributed by atoms with E-state index in [0.717, 1.165) is 18.9 Å². The summed E-state index contributed by atoms with van der Waals surface area (Å²) in [5.74, 6) is -1.45. The van der Waals surface area contributed by atoms with Crippen LogP contribution in [0.3, 0.4) is 0 Å². The van der Waals surface area contributed by atoms with Crippen LogP contribution in [-0.2, 0) is 10.0 Å². The van der Waals surface area contributed by atoms with Crippen LogP contribution in [0.5, 0.6) is 0 Å². The van der Waals surface area contributed by atoms with E-state index in [-0.39, 0.29) is 22.0 Å². The predicted molar refractivity (Wildman–Crippen MR) is 85.8 cm³/mol. The van der Waals surface area contributed by atoms with Gasteiger partial charge in [0.15, 0.2) is 0 Å². The molecule has 1 fully saturated rings. The van der Waals surface area contributed by atoms with E-state index in [1.807, 2.05) is 0 Å². The minimum Gasteiger partial charge on any atom is -0.545 e. The van der Waals surface area contributed by atoms with Crippen LogP contribution in [0.2, 0.25) is 5.02 Å². The van der Waals surface area contributed by atoms with Crippen LogP contribution >= 0.6 is 11.6 Å². The molecule has 1 saturated carbocycles. The maximum Gasteiger partial charge on any atom is 0.242 e. The summed E-state index contributed by atoms with van der Waals surface area (Å²) in [6.45, 7) is 0.729. The van der Waals surface area contributed by atoms with E-state index in [1.54, 1.807) is 0 Å². The van der Waals surface area contributed by atoms with Crippen molar-refractivity contribution in [3.8, 4) is 0 Å². The molecular formula is C15H20ClN2O4S-. The largest absolute Gasteiger partial charge is 0.545 e. The Labute approximate surface area is 141 Å². The molecule has 23 heavy (non-hydrogen) atoms. The highest BCUT2D eigenvalue weighted by Crippen LogP contribution is 2.22. The Kier molecular flexibility index (Phi) is 6.41. The second-order valence-electron chi connectivity index (χ2n) is 5.62. The molecule has 8 heteroatoms. The zero-order chi connectivity index (χ0) is 16.9. The molecule has 6 nitrogen and oxygen atoms in total. The third-order valence-electron chi connectivity index (χ3n) is 3.91. The minimum atomic E-state index is -3.86. The van der Waals surface area contributed by atoms with Gasteiger partial charge >= 0.3 is 0 Å². The number of carboxylic acids is 1. The van der Waals surface area contributed by atoms with Gasteiger partial charge in [0.25, 0.3) is 0 Å². The van der Waals surface area contributed by atoms with Gasteiger partial charge in [0.2, 0.25) is 10.0 Å². The third-order valence-corrected chi connectivity index (χ3v) is 5.85. The molecule has 0 unspecified atom stereocenters. The summed E-state index contributed by atoms with van der Waals surface area (Å²) < 4.78 is 26.9. The molecule has 0 radical (unpaired) electrons. The van der Waals surface area contributed by atoms with Crippen LogP contribution in [-0.4, -0.2) is 33.5 Å². The monoisotopic (exact) mass is 359 g/mol. The molecule has 1 aromatic rings. The van der Waals surface area contributed by atoms with E-state index in [9.17, 15) is 18.3 Å². The number of carboxylic acid groups (broad SMARTS) is 1. The van der Waals surface area contributed by atoms with E-state index in [2.05, 4.69) is 10.0 Å². The van der Waals surface area contributed by atoms with Crippen LogP contribution in [0.1, 0.15) is 42.5 Å². The van der Waals surface area contributed by atoms with Gasteiger partial charge in [-0.15, -0.1) is 0 Å². The Morgan fingerprint density at radius 3 is 2.57 bits per heavy atom. The average molecular weight is 360 g/mol. The number of nitrogens with one attached hydrogen (secondary N) is 2. The Morgan fingerprint density at radius 1 is 1.22 bits per heavy atom. The first kappa shape index (κ1) is 18.2. The second kappa shape index (κ2) is 8.10. The molecule has 1 aliphatic rings. The molecule has 0 heterocycles. The molecule has 0 aliphatic heterocycles. The molecule has 1 aliphatic carbocycles. The second-order valence-corrected chi connectivity index (χ2v) is 7.76. The number of carbonyl (C=O) groups is 1. The molecule has 0 saturated heterocycles. The molecule has 0 bridgehead atoms. The van der Waals surface area contributed by atoms with Crippen LogP contribution in [0.4, 0.5) is 0 Å². The smallest absolute Gasteiger partial charge is 0.242 e. The summed E-state index contributed by atoms with van der Waals surface area (Å²) in [5.41, 5.74) is -0.227. The zero-order valence-corrected chi connectivity index (χ0v) is 14.3. The lowest BCUT2D eigenvalue weighted by Crippen LogP contribution is -2.38. The Balaban J connectivity index is 1.93. The summed E-state index contributed by atoms with van der Waals surface area (Å²) in [5, 5.41) is 14.1. The maximum atomic E-state index is 12.2. The van der Waals surface area contributed by atoms with Crippen LogP contribution < -0.4 is 15.1 Å². The van der Waals surface area contributed by atoms with Gasteiger partial charge in [-0.1, -0.05) is 36.9 Å². The average Bonchev–Trinajstić information content (AvgIpc) is 2.52. The van der Waals surface area contributed by atoms with Gasteiger partial charge in [-0.25, -0.2) is 13.1 Å². The molecule has 2 N–H and O–H groups in total. The minimum absolute atomic E-state index is 0.0252. The van der Waals surface area contributed by atoms with Crippen LogP contribution in [0.25, 0.3) is 0 Å². The van der Waals surface area contributed by atoms with E-state index >= 15 is 0 Å². The standard InChI is InChI=1S/C15H21ClN2O4S/c16-13-7-6-11(15(19)20)10-14(13)23(21,22)18-9-8-17-12-4-2-1-3-5-12/h6-7,10,12,17-18H,1-5,8-9H2,(H,19,20)/p-1. The van der Waals surface area contributed by atoms with E-state index < -0.39 is 16.0 Å². The SMILES string of the molecule is O=C([O-])c1ccc(Cl)c(S(=O)(=O)NCCNC2CCCCC2)c1. The fourth-order valence-corrected chi connectivity index (χ4v) is 4.24. The van der Waals surface area contributed by atoms with E-state index in [0.29, 0.717) is 12.6 Å². The molecule has 128 valence electrons. The Bertz CT molecular complexity index is 657. The fourth-order valence-electron chi connectivity index (χ4n) is 2.68. The number of benzene rings is 1. The third kappa shape index (κ3) is 5.17. The summed E-state index contributed by atoms with van der Waals surface area (Å²) >= 11 is 5.87. The van der Waals surface area contributed by atoms with Gasteiger partial charge in [-0.05, 0) is 30.5 Å². The Morgan fingerprint density at radius 2 is 1.91 bits per heavy atom. The molecule has 1 aromatic carbocycles. The first-order chi connectivity index (χ1) is 10.9. The summed E-state index contributed by atoms with van der Waals surface area (Å²) in [6.07, 6.45) is 5.90. The van der Waals surface area contributed by atoms with Crippen molar-refractivity contribution in [2.24, 2.45) is 0 Å². The lowest BCUT2D eigenvalue weighted by molar-refractivity contribution is -0.255. The van der Waals surface area contributed by atoms with Crippen molar-refractivity contribution < 1.29 is 18.3 Å². The highest BCUT2D eigenvalue weighted by atomic mass is 35.5. The predicted octanol–water partition coefficient (Wildman–Crippen LogP) is 0.904. The van der Waals surface area contributed by atoms with Gasteiger partial charge in [-0.2, -0.15) is 0 Å². The summed E-state index contributed by atoms with van der Waals surface area (Å²) in [7, 11) is -3.86. The van der Waals surface area contributed by atoms with Crippen molar-refractivity contribution >= 4 is 27.6 Å². The molecule has 0 spiro atoms. The number of hydrogen-bond donors (Lipinski definition) is 2. The van der Waals surface area contributed by atoms with E-state index in [4.69, 9.17) is 11.6 Å². The first-order valence-corrected chi connectivity index (χ1v) is 9.50. The van der Waals surface area contributed by atoms with Gasteiger partial charge in [0.05, 0.1) is 11.0 Å². The van der Waals surface area contributed by atoms with Crippen molar-refractivity contribution in [2.75, 3.05) is 13.1 Å². The van der Waals surface area contributed by atoms with Crippen molar-refractivity contribution in [1.82, 2.24) is 10.0 Å². The summed E-state index contributed by atoms with van der Waals surface area (Å²) in [6, 6.07) is 3.90. The molecule has 0 atom stereocenters. The van der Waals surface area contributed by atoms with Crippen LogP contribution in [0, 0.1) is 0 Å². The fraction of sp³-hybridized carbons (Fsp3) is 0.533. The topological polar surface area (TPSA) is 98.3 Å². The quantitative estimate of drug-likeness (QED) is 0.705. The number of halogens is 1. The molecule has 0 amide bonds. The number of aromatic carboxylic acids is 1. The molecule has 0 aromatic heterocycles. The van der Waals surface area contributed by atoms with Gasteiger partial charge in [0.1, 0.15) is 4.90 Å². The number of rotatable bonds is 7. The maximum absolute atomic E-state index is 12.2. The lowest BCUT2D eigenvalue weighted by atomic mass is 9.96. The van der Waals surface area contributed by atoms with Gasteiger partial charge < -0.3 is 15.2 Å². The normalized spacial score (nSPS) is 16.4. The first-order valence-electron chi connectivity index (χ1n) is 7.64. The lowest BCUT2D eigenvalue weighted by Gasteiger charge is -2.22.